The van der Waals surface area contributed by atoms with Crippen LogP contribution in [0.4, 0.5) is 0 Å². The van der Waals surface area contributed by atoms with Gasteiger partial charge in [-0.15, -0.1) is 0 Å². The molecule has 0 saturated carbocycles. The van der Waals surface area contributed by atoms with Crippen LogP contribution in [0.15, 0.2) is 48.5 Å². The number of carbonyl (C=O) groups is 1. The highest BCUT2D eigenvalue weighted by Gasteiger charge is 2.41. The molecule has 196 valence electrons. The second-order valence-electron chi connectivity index (χ2n) is 11.8. The summed E-state index contributed by atoms with van der Waals surface area (Å²) in [6, 6.07) is 17.1. The molecule has 2 saturated heterocycles. The molecule has 5 heteroatoms. The van der Waals surface area contributed by atoms with Crippen molar-refractivity contribution >= 4 is 5.91 Å². The molecule has 0 aliphatic carbocycles. The fourth-order valence-corrected chi connectivity index (χ4v) is 5.66. The first-order chi connectivity index (χ1) is 17.2. The zero-order valence-corrected chi connectivity index (χ0v) is 22.9. The Labute approximate surface area is 217 Å². The van der Waals surface area contributed by atoms with Crippen LogP contribution in [0.3, 0.4) is 0 Å². The molecule has 1 amide bonds. The van der Waals surface area contributed by atoms with Crippen molar-refractivity contribution in [3.63, 3.8) is 0 Å². The van der Waals surface area contributed by atoms with Crippen molar-refractivity contribution in [1.29, 1.82) is 0 Å². The molecule has 0 spiro atoms. The molecule has 36 heavy (non-hydrogen) atoms. The van der Waals surface area contributed by atoms with Crippen LogP contribution < -0.4 is 10.1 Å². The number of ether oxygens (including phenoxy) is 2. The Morgan fingerprint density at radius 1 is 1.11 bits per heavy atom. The first-order valence-electron chi connectivity index (χ1n) is 13.6. The van der Waals surface area contributed by atoms with Crippen molar-refractivity contribution in [2.45, 2.75) is 90.6 Å². The molecule has 2 aromatic rings. The molecule has 0 radical (unpaired) electrons. The minimum absolute atomic E-state index is 0.00829. The van der Waals surface area contributed by atoms with Crippen molar-refractivity contribution in [1.82, 2.24) is 10.2 Å². The summed E-state index contributed by atoms with van der Waals surface area (Å²) in [5, 5.41) is 3.75. The average Bonchev–Trinajstić information content (AvgIpc) is 3.30. The van der Waals surface area contributed by atoms with Crippen molar-refractivity contribution < 1.29 is 14.3 Å². The van der Waals surface area contributed by atoms with Gasteiger partial charge in [-0.05, 0) is 54.2 Å². The maximum Gasteiger partial charge on any atom is 0.227 e. The average molecular weight is 493 g/mol. The molecular formula is C31H44N2O3. The van der Waals surface area contributed by atoms with Gasteiger partial charge < -0.3 is 14.4 Å². The molecule has 5 nitrogen and oxygen atoms in total. The maximum absolute atomic E-state index is 14.1. The molecule has 2 heterocycles. The van der Waals surface area contributed by atoms with Crippen LogP contribution in [-0.2, 0) is 21.5 Å². The third kappa shape index (κ3) is 5.95. The summed E-state index contributed by atoms with van der Waals surface area (Å²) in [5.41, 5.74) is 3.69. The second kappa shape index (κ2) is 11.4. The Bertz CT molecular complexity index is 1010. The van der Waals surface area contributed by atoms with Crippen molar-refractivity contribution in [2.24, 2.45) is 11.8 Å². The number of nitrogens with zero attached hydrogens (tertiary/aromatic N) is 1. The minimum atomic E-state index is -0.00829. The van der Waals surface area contributed by atoms with E-state index in [0.717, 1.165) is 37.0 Å². The Morgan fingerprint density at radius 2 is 1.86 bits per heavy atom. The van der Waals surface area contributed by atoms with E-state index in [1.807, 2.05) is 6.07 Å². The highest BCUT2D eigenvalue weighted by Crippen LogP contribution is 2.39. The zero-order valence-electron chi connectivity index (χ0n) is 22.9. The summed E-state index contributed by atoms with van der Waals surface area (Å²) in [6.07, 6.45) is 3.65. The van der Waals surface area contributed by atoms with Gasteiger partial charge in [0.1, 0.15) is 5.75 Å². The zero-order chi connectivity index (χ0) is 25.9. The van der Waals surface area contributed by atoms with Crippen molar-refractivity contribution in [3.8, 4) is 5.75 Å². The van der Waals surface area contributed by atoms with Crippen LogP contribution in [0.5, 0.6) is 5.75 Å². The van der Waals surface area contributed by atoms with E-state index in [1.165, 1.54) is 11.1 Å². The SMILES string of the molecule is COc1ccc(C(C)(C)C)cc1CNC1CCC(c2ccccc2)N1C(=O)C1CCOC(C(C)C)C1. The fourth-order valence-electron chi connectivity index (χ4n) is 5.66. The number of methoxy groups -OCH3 is 1. The molecule has 4 atom stereocenters. The highest BCUT2D eigenvalue weighted by atomic mass is 16.5. The number of likely N-dealkylation sites (tertiary alicyclic amines) is 1. The first-order valence-corrected chi connectivity index (χ1v) is 13.6. The Morgan fingerprint density at radius 3 is 2.53 bits per heavy atom. The summed E-state index contributed by atoms with van der Waals surface area (Å²) in [6.45, 7) is 12.4. The van der Waals surface area contributed by atoms with Crippen LogP contribution >= 0.6 is 0 Å². The number of rotatable bonds is 7. The van der Waals surface area contributed by atoms with Gasteiger partial charge in [0.25, 0.3) is 0 Å². The van der Waals surface area contributed by atoms with Gasteiger partial charge >= 0.3 is 0 Å². The summed E-state index contributed by atoms with van der Waals surface area (Å²) < 4.78 is 11.7. The van der Waals surface area contributed by atoms with Gasteiger partial charge in [-0.25, -0.2) is 0 Å². The van der Waals surface area contributed by atoms with E-state index < -0.39 is 0 Å². The monoisotopic (exact) mass is 492 g/mol. The topological polar surface area (TPSA) is 50.8 Å². The summed E-state index contributed by atoms with van der Waals surface area (Å²) >= 11 is 0. The van der Waals surface area contributed by atoms with E-state index in [4.69, 9.17) is 9.47 Å². The molecule has 2 aliphatic heterocycles. The van der Waals surface area contributed by atoms with E-state index in [9.17, 15) is 4.79 Å². The molecule has 2 aromatic carbocycles. The number of carbonyl (C=O) groups excluding carboxylic acids is 1. The lowest BCUT2D eigenvalue weighted by Gasteiger charge is -2.38. The number of benzene rings is 2. The lowest BCUT2D eigenvalue weighted by molar-refractivity contribution is -0.145. The Kier molecular flexibility index (Phi) is 8.41. The van der Waals surface area contributed by atoms with E-state index >= 15 is 0 Å². The van der Waals surface area contributed by atoms with Crippen LogP contribution in [0, 0.1) is 11.8 Å². The Balaban J connectivity index is 1.57. The smallest absolute Gasteiger partial charge is 0.227 e. The number of hydrogen-bond acceptors (Lipinski definition) is 4. The van der Waals surface area contributed by atoms with Gasteiger partial charge in [0.15, 0.2) is 0 Å². The summed E-state index contributed by atoms with van der Waals surface area (Å²) in [5.74, 6) is 1.58. The quantitative estimate of drug-likeness (QED) is 0.498. The van der Waals surface area contributed by atoms with E-state index in [-0.39, 0.29) is 35.6 Å². The number of nitrogens with one attached hydrogen (secondary N) is 1. The molecule has 4 rings (SSSR count). The minimum Gasteiger partial charge on any atom is -0.496 e. The van der Waals surface area contributed by atoms with Gasteiger partial charge in [-0.3, -0.25) is 10.1 Å². The summed E-state index contributed by atoms with van der Waals surface area (Å²) in [7, 11) is 1.72. The lowest BCUT2D eigenvalue weighted by atomic mass is 9.86. The van der Waals surface area contributed by atoms with E-state index in [1.54, 1.807) is 7.11 Å². The predicted molar refractivity (Wildman–Crippen MR) is 145 cm³/mol. The van der Waals surface area contributed by atoms with Gasteiger partial charge in [0, 0.05) is 24.6 Å². The largest absolute Gasteiger partial charge is 0.496 e. The molecule has 1 N–H and O–H groups in total. The first kappa shape index (κ1) is 26.7. The van der Waals surface area contributed by atoms with Crippen LogP contribution in [-0.4, -0.2) is 36.8 Å². The lowest BCUT2D eigenvalue weighted by Crippen LogP contribution is -2.49. The predicted octanol–water partition coefficient (Wildman–Crippen LogP) is 6.22. The van der Waals surface area contributed by atoms with Gasteiger partial charge in [0.2, 0.25) is 5.91 Å². The standard InChI is InChI=1S/C31H44N2O3/c1-21(2)28-19-23(16-17-36-28)30(34)33-26(22-10-8-7-9-11-22)13-15-29(33)32-20-24-18-25(31(3,4)5)12-14-27(24)35-6/h7-12,14,18,21,23,26,28-29,32H,13,15-17,19-20H2,1-6H3. The van der Waals surface area contributed by atoms with Crippen molar-refractivity contribution in [3.05, 3.63) is 65.2 Å². The normalized spacial score (nSPS) is 24.8. The van der Waals surface area contributed by atoms with Gasteiger partial charge in [-0.1, -0.05) is 77.1 Å². The molecule has 0 aromatic heterocycles. The van der Waals surface area contributed by atoms with Gasteiger partial charge in [-0.2, -0.15) is 0 Å². The van der Waals surface area contributed by atoms with E-state index in [2.05, 4.69) is 87.3 Å². The number of amides is 1. The van der Waals surface area contributed by atoms with Gasteiger partial charge in [0.05, 0.1) is 25.4 Å². The maximum atomic E-state index is 14.1. The van der Waals surface area contributed by atoms with Crippen LogP contribution in [0.25, 0.3) is 0 Å². The molecular weight excluding hydrogens is 448 g/mol. The molecule has 0 bridgehead atoms. The number of hydrogen-bond donors (Lipinski definition) is 1. The molecule has 2 aliphatic rings. The van der Waals surface area contributed by atoms with E-state index in [0.29, 0.717) is 19.1 Å². The fraction of sp³-hybridized carbons (Fsp3) is 0.581. The third-order valence-electron chi connectivity index (χ3n) is 7.91. The van der Waals surface area contributed by atoms with Crippen LogP contribution in [0.1, 0.15) is 83.0 Å². The third-order valence-corrected chi connectivity index (χ3v) is 7.91. The van der Waals surface area contributed by atoms with Crippen molar-refractivity contribution in [2.75, 3.05) is 13.7 Å². The highest BCUT2D eigenvalue weighted by molar-refractivity contribution is 5.80. The molecule has 4 unspecified atom stereocenters. The summed E-state index contributed by atoms with van der Waals surface area (Å²) in [4.78, 5) is 16.2. The van der Waals surface area contributed by atoms with Crippen LogP contribution in [0.2, 0.25) is 0 Å². The molecule has 2 fully saturated rings. The Hall–Kier alpha value is -2.37. The second-order valence-corrected chi connectivity index (χ2v) is 11.8.